The largest absolute Gasteiger partial charge is 0.469 e. The number of carbonyl (C=O) groups excluding carboxylic acids is 1. The molecule has 0 aromatic carbocycles. The molecule has 16 heavy (non-hydrogen) atoms. The Kier molecular flexibility index (Phi) is 5.81. The molecule has 1 aliphatic rings. The van der Waals surface area contributed by atoms with Crippen LogP contribution in [0.3, 0.4) is 0 Å². The Bertz CT molecular complexity index is 212. The number of esters is 1. The van der Waals surface area contributed by atoms with E-state index < -0.39 is 0 Å². The second kappa shape index (κ2) is 6.89. The summed E-state index contributed by atoms with van der Waals surface area (Å²) in [5.41, 5.74) is 0. The molecule has 1 unspecified atom stereocenters. The maximum Gasteiger partial charge on any atom is 0.307 e. The van der Waals surface area contributed by atoms with Gasteiger partial charge in [-0.15, -0.1) is 0 Å². The predicted octanol–water partition coefficient (Wildman–Crippen LogP) is 2.50. The number of ether oxygens (including phenoxy) is 1. The zero-order valence-electron chi connectivity index (χ0n) is 10.8. The molecule has 0 saturated heterocycles. The van der Waals surface area contributed by atoms with Crippen molar-refractivity contribution in [1.29, 1.82) is 0 Å². The predicted molar refractivity (Wildman–Crippen MR) is 65.3 cm³/mol. The molecule has 0 radical (unpaired) electrons. The molecule has 0 spiro atoms. The van der Waals surface area contributed by atoms with Gasteiger partial charge in [0.25, 0.3) is 0 Å². The molecule has 3 nitrogen and oxygen atoms in total. The fourth-order valence-corrected chi connectivity index (χ4v) is 2.61. The van der Waals surface area contributed by atoms with Gasteiger partial charge in [-0.2, -0.15) is 0 Å². The van der Waals surface area contributed by atoms with Crippen LogP contribution in [-0.4, -0.2) is 25.2 Å². The zero-order chi connectivity index (χ0) is 12.0. The van der Waals surface area contributed by atoms with Gasteiger partial charge in [-0.25, -0.2) is 0 Å². The van der Waals surface area contributed by atoms with Crippen LogP contribution in [0.15, 0.2) is 0 Å². The number of nitrogens with one attached hydrogen (secondary N) is 1. The van der Waals surface area contributed by atoms with E-state index in [9.17, 15) is 4.79 Å². The van der Waals surface area contributed by atoms with Crippen LogP contribution in [0.4, 0.5) is 0 Å². The molecule has 0 amide bonds. The lowest BCUT2D eigenvalue weighted by Crippen LogP contribution is -2.41. The van der Waals surface area contributed by atoms with Crippen LogP contribution < -0.4 is 5.32 Å². The first-order chi connectivity index (χ1) is 7.63. The quantitative estimate of drug-likeness (QED) is 0.733. The minimum atomic E-state index is -0.129. The van der Waals surface area contributed by atoms with Gasteiger partial charge in [-0.3, -0.25) is 4.79 Å². The van der Waals surface area contributed by atoms with Crippen molar-refractivity contribution in [2.45, 2.75) is 64.5 Å². The summed E-state index contributed by atoms with van der Waals surface area (Å²) in [6, 6.07) is 0.726. The van der Waals surface area contributed by atoms with Gasteiger partial charge in [0.1, 0.15) is 0 Å². The molecule has 1 fully saturated rings. The average molecular weight is 227 g/mol. The van der Waals surface area contributed by atoms with Gasteiger partial charge in [0.15, 0.2) is 0 Å². The van der Waals surface area contributed by atoms with Crippen molar-refractivity contribution in [2.24, 2.45) is 5.92 Å². The Morgan fingerprint density at radius 2 is 1.94 bits per heavy atom. The van der Waals surface area contributed by atoms with Crippen LogP contribution >= 0.6 is 0 Å². The highest BCUT2D eigenvalue weighted by molar-refractivity contribution is 5.69. The number of rotatable bonds is 5. The summed E-state index contributed by atoms with van der Waals surface area (Å²) in [7, 11) is 1.44. The van der Waals surface area contributed by atoms with Crippen LogP contribution in [0.5, 0.6) is 0 Å². The third-order valence-corrected chi connectivity index (χ3v) is 3.60. The number of methoxy groups -OCH3 is 1. The monoisotopic (exact) mass is 227 g/mol. The molecular weight excluding hydrogens is 202 g/mol. The first kappa shape index (κ1) is 13.5. The fourth-order valence-electron chi connectivity index (χ4n) is 2.61. The van der Waals surface area contributed by atoms with Crippen LogP contribution in [0.25, 0.3) is 0 Å². The van der Waals surface area contributed by atoms with E-state index in [1.165, 1.54) is 39.2 Å². The summed E-state index contributed by atoms with van der Waals surface area (Å²) < 4.78 is 4.67. The molecule has 94 valence electrons. The van der Waals surface area contributed by atoms with Gasteiger partial charge >= 0.3 is 5.97 Å². The average Bonchev–Trinajstić information content (AvgIpc) is 2.29. The number of hydrogen-bond acceptors (Lipinski definition) is 3. The lowest BCUT2D eigenvalue weighted by atomic mass is 9.84. The van der Waals surface area contributed by atoms with E-state index in [0.717, 1.165) is 5.92 Å². The molecule has 1 saturated carbocycles. The normalized spacial score (nSPS) is 21.4. The first-order valence-electron chi connectivity index (χ1n) is 6.46. The Labute approximate surface area is 98.9 Å². The summed E-state index contributed by atoms with van der Waals surface area (Å²) in [6.45, 7) is 4.29. The minimum absolute atomic E-state index is 0.129. The van der Waals surface area contributed by atoms with Gasteiger partial charge in [-0.05, 0) is 32.6 Å². The molecular formula is C13H25NO2. The Balaban J connectivity index is 2.26. The summed E-state index contributed by atoms with van der Waals surface area (Å²) in [5, 5.41) is 3.51. The van der Waals surface area contributed by atoms with Crippen LogP contribution in [0.1, 0.15) is 52.4 Å². The van der Waals surface area contributed by atoms with Gasteiger partial charge in [0.05, 0.1) is 13.5 Å². The molecule has 1 aliphatic carbocycles. The van der Waals surface area contributed by atoms with Gasteiger partial charge in [0, 0.05) is 12.1 Å². The minimum Gasteiger partial charge on any atom is -0.469 e. The van der Waals surface area contributed by atoms with Crippen molar-refractivity contribution in [3.8, 4) is 0 Å². The van der Waals surface area contributed by atoms with E-state index in [1.807, 2.05) is 0 Å². The van der Waals surface area contributed by atoms with E-state index in [1.54, 1.807) is 0 Å². The SMILES string of the molecule is COC(=O)CC(C)N[C@H](C)C1CCCCC1. The number of carbonyl (C=O) groups is 1. The van der Waals surface area contributed by atoms with E-state index in [4.69, 9.17) is 0 Å². The highest BCUT2D eigenvalue weighted by Crippen LogP contribution is 2.26. The van der Waals surface area contributed by atoms with Crippen LogP contribution in [-0.2, 0) is 9.53 Å². The van der Waals surface area contributed by atoms with Crippen molar-refractivity contribution in [3.05, 3.63) is 0 Å². The van der Waals surface area contributed by atoms with Crippen LogP contribution in [0, 0.1) is 5.92 Å². The van der Waals surface area contributed by atoms with E-state index >= 15 is 0 Å². The molecule has 0 aromatic heterocycles. The zero-order valence-corrected chi connectivity index (χ0v) is 10.8. The summed E-state index contributed by atoms with van der Waals surface area (Å²) >= 11 is 0. The number of hydrogen-bond donors (Lipinski definition) is 1. The maximum absolute atomic E-state index is 11.1. The first-order valence-corrected chi connectivity index (χ1v) is 6.46. The lowest BCUT2D eigenvalue weighted by molar-refractivity contribution is -0.141. The molecule has 0 bridgehead atoms. The highest BCUT2D eigenvalue weighted by atomic mass is 16.5. The van der Waals surface area contributed by atoms with E-state index in [0.29, 0.717) is 12.5 Å². The molecule has 0 aromatic rings. The highest BCUT2D eigenvalue weighted by Gasteiger charge is 2.21. The van der Waals surface area contributed by atoms with E-state index in [2.05, 4.69) is 23.9 Å². The third kappa shape index (κ3) is 4.52. The second-order valence-electron chi connectivity index (χ2n) is 5.03. The summed E-state index contributed by atoms with van der Waals surface area (Å²) in [6.07, 6.45) is 7.25. The smallest absolute Gasteiger partial charge is 0.307 e. The maximum atomic E-state index is 11.1. The van der Waals surface area contributed by atoms with Crippen LogP contribution in [0.2, 0.25) is 0 Å². The third-order valence-electron chi connectivity index (χ3n) is 3.60. The summed E-state index contributed by atoms with van der Waals surface area (Å²) in [5.74, 6) is 0.657. The molecule has 1 N–H and O–H groups in total. The molecule has 3 heteroatoms. The Morgan fingerprint density at radius 1 is 1.31 bits per heavy atom. The van der Waals surface area contributed by atoms with Crippen molar-refractivity contribution in [1.82, 2.24) is 5.32 Å². The summed E-state index contributed by atoms with van der Waals surface area (Å²) in [4.78, 5) is 11.1. The molecule has 0 aliphatic heterocycles. The molecule has 2 atom stereocenters. The van der Waals surface area contributed by atoms with Gasteiger partial charge in [-0.1, -0.05) is 19.3 Å². The second-order valence-corrected chi connectivity index (χ2v) is 5.03. The Hall–Kier alpha value is -0.570. The topological polar surface area (TPSA) is 38.3 Å². The van der Waals surface area contributed by atoms with E-state index in [-0.39, 0.29) is 12.0 Å². The van der Waals surface area contributed by atoms with Crippen molar-refractivity contribution in [2.75, 3.05) is 7.11 Å². The van der Waals surface area contributed by atoms with Gasteiger partial charge < -0.3 is 10.1 Å². The fraction of sp³-hybridized carbons (Fsp3) is 0.923. The standard InChI is InChI=1S/C13H25NO2/c1-10(9-13(15)16-3)14-11(2)12-7-5-4-6-8-12/h10-12,14H,4-9H2,1-3H3/t10?,11-/m1/s1. The van der Waals surface area contributed by atoms with Crippen molar-refractivity contribution >= 4 is 5.97 Å². The molecule has 0 heterocycles. The lowest BCUT2D eigenvalue weighted by Gasteiger charge is -2.30. The van der Waals surface area contributed by atoms with Crippen molar-refractivity contribution < 1.29 is 9.53 Å². The molecule has 1 rings (SSSR count). The van der Waals surface area contributed by atoms with Gasteiger partial charge in [0.2, 0.25) is 0 Å². The Morgan fingerprint density at radius 3 is 2.50 bits per heavy atom. The van der Waals surface area contributed by atoms with Crippen molar-refractivity contribution in [3.63, 3.8) is 0 Å².